The van der Waals surface area contributed by atoms with E-state index in [1.165, 1.54) is 23.5 Å². The Labute approximate surface area is 155 Å². The van der Waals surface area contributed by atoms with Crippen molar-refractivity contribution in [3.05, 3.63) is 56.2 Å². The zero-order valence-corrected chi connectivity index (χ0v) is 16.3. The molecule has 138 valence electrons. The molecule has 0 spiro atoms. The number of ether oxygens (including phenoxy) is 1. The molecule has 0 aliphatic rings. The van der Waals surface area contributed by atoms with Gasteiger partial charge in [-0.1, -0.05) is 0 Å². The zero-order chi connectivity index (χ0) is 19.0. The smallest absolute Gasteiger partial charge is 0.259 e. The normalized spacial score (nSPS) is 13.8. The molecule has 0 saturated heterocycles. The third-order valence-electron chi connectivity index (χ3n) is 4.63. The molecule has 0 saturated carbocycles. The lowest BCUT2D eigenvalue weighted by atomic mass is 10.1. The lowest BCUT2D eigenvalue weighted by molar-refractivity contribution is 0.393. The van der Waals surface area contributed by atoms with Crippen LogP contribution in [0.25, 0.3) is 10.2 Å². The highest BCUT2D eigenvalue weighted by Crippen LogP contribution is 2.29. The number of methoxy groups -OCH3 is 1. The van der Waals surface area contributed by atoms with E-state index in [9.17, 15) is 9.18 Å². The summed E-state index contributed by atoms with van der Waals surface area (Å²) in [5, 5.41) is 4.01. The van der Waals surface area contributed by atoms with E-state index in [2.05, 4.69) is 15.3 Å². The van der Waals surface area contributed by atoms with Crippen LogP contribution >= 0.6 is 11.3 Å². The Morgan fingerprint density at radius 2 is 2.00 bits per heavy atom. The number of aromatic amines is 1. The maximum Gasteiger partial charge on any atom is 0.259 e. The maximum absolute atomic E-state index is 13.6. The van der Waals surface area contributed by atoms with Crippen LogP contribution in [0.15, 0.2) is 23.0 Å². The van der Waals surface area contributed by atoms with Crippen LogP contribution in [-0.4, -0.2) is 17.1 Å². The van der Waals surface area contributed by atoms with Gasteiger partial charge in [0, 0.05) is 16.5 Å². The van der Waals surface area contributed by atoms with Crippen molar-refractivity contribution in [3.8, 4) is 5.75 Å². The van der Waals surface area contributed by atoms with E-state index in [-0.39, 0.29) is 23.5 Å². The number of hydrogen-bond donors (Lipinski definition) is 2. The maximum atomic E-state index is 13.6. The first-order valence-corrected chi connectivity index (χ1v) is 9.22. The first-order valence-electron chi connectivity index (χ1n) is 8.41. The molecular formula is C19H22FN3O2S. The Morgan fingerprint density at radius 1 is 1.27 bits per heavy atom. The summed E-state index contributed by atoms with van der Waals surface area (Å²) in [6.07, 6.45) is 0. The zero-order valence-electron chi connectivity index (χ0n) is 15.4. The Morgan fingerprint density at radius 3 is 2.69 bits per heavy atom. The average Bonchev–Trinajstić information content (AvgIpc) is 2.89. The summed E-state index contributed by atoms with van der Waals surface area (Å²) in [5.74, 6) is 0.852. The van der Waals surface area contributed by atoms with Gasteiger partial charge in [-0.15, -0.1) is 11.3 Å². The number of aryl methyl sites for hydroxylation is 2. The molecule has 2 heterocycles. The molecule has 1 aromatic carbocycles. The van der Waals surface area contributed by atoms with Crippen molar-refractivity contribution in [1.29, 1.82) is 0 Å². The second-order valence-electron chi connectivity index (χ2n) is 6.41. The molecule has 5 nitrogen and oxygen atoms in total. The first-order chi connectivity index (χ1) is 12.3. The number of nitrogens with one attached hydrogen (secondary N) is 2. The number of rotatable bonds is 5. The molecule has 2 unspecified atom stereocenters. The number of fused-ring (bicyclic) bond motifs is 1. The highest BCUT2D eigenvalue weighted by atomic mass is 32.1. The highest BCUT2D eigenvalue weighted by Gasteiger charge is 2.19. The van der Waals surface area contributed by atoms with Gasteiger partial charge in [0.2, 0.25) is 0 Å². The largest absolute Gasteiger partial charge is 0.496 e. The lowest BCUT2D eigenvalue weighted by Crippen LogP contribution is -2.26. The summed E-state index contributed by atoms with van der Waals surface area (Å²) in [6.45, 7) is 7.76. The molecule has 0 amide bonds. The number of H-pyrrole nitrogens is 1. The second-order valence-corrected chi connectivity index (χ2v) is 7.61. The van der Waals surface area contributed by atoms with Gasteiger partial charge in [0.15, 0.2) is 0 Å². The van der Waals surface area contributed by atoms with Gasteiger partial charge in [-0.05, 0) is 51.5 Å². The van der Waals surface area contributed by atoms with Crippen LogP contribution in [0.4, 0.5) is 4.39 Å². The molecule has 3 rings (SSSR count). The molecule has 0 fully saturated rings. The SMILES string of the molecule is COc1ccc(F)cc1C(C)NC(C)c1nc2sc(C)c(C)c2c(=O)[nH]1. The number of hydrogen-bond acceptors (Lipinski definition) is 5. The van der Waals surface area contributed by atoms with E-state index in [0.717, 1.165) is 15.3 Å². The van der Waals surface area contributed by atoms with E-state index in [0.29, 0.717) is 22.5 Å². The van der Waals surface area contributed by atoms with E-state index in [1.54, 1.807) is 13.2 Å². The van der Waals surface area contributed by atoms with Crippen molar-refractivity contribution >= 4 is 21.6 Å². The molecule has 26 heavy (non-hydrogen) atoms. The Hall–Kier alpha value is -2.25. The Kier molecular flexibility index (Phi) is 5.11. The molecule has 0 aliphatic heterocycles. The summed E-state index contributed by atoms with van der Waals surface area (Å²) in [6, 6.07) is 4.01. The fraction of sp³-hybridized carbons (Fsp3) is 0.368. The van der Waals surface area contributed by atoms with Crippen LogP contribution in [0.1, 0.15) is 47.8 Å². The third-order valence-corrected chi connectivity index (χ3v) is 5.73. The average molecular weight is 375 g/mol. The van der Waals surface area contributed by atoms with Crippen molar-refractivity contribution in [3.63, 3.8) is 0 Å². The van der Waals surface area contributed by atoms with Gasteiger partial charge in [0.25, 0.3) is 5.56 Å². The summed E-state index contributed by atoms with van der Waals surface area (Å²) in [4.78, 5) is 21.8. The van der Waals surface area contributed by atoms with E-state index >= 15 is 0 Å². The van der Waals surface area contributed by atoms with Crippen LogP contribution in [-0.2, 0) is 0 Å². The highest BCUT2D eigenvalue weighted by molar-refractivity contribution is 7.18. The fourth-order valence-corrected chi connectivity index (χ4v) is 4.10. The lowest BCUT2D eigenvalue weighted by Gasteiger charge is -2.21. The van der Waals surface area contributed by atoms with Crippen LogP contribution in [0.5, 0.6) is 5.75 Å². The van der Waals surface area contributed by atoms with E-state index < -0.39 is 0 Å². The molecule has 0 radical (unpaired) electrons. The number of benzene rings is 1. The van der Waals surface area contributed by atoms with Gasteiger partial charge in [0.05, 0.1) is 18.5 Å². The standard InChI is InChI=1S/C19H22FN3O2S/c1-9-12(4)26-19-16(9)18(24)22-17(23-19)11(3)21-10(2)14-8-13(20)6-7-15(14)25-5/h6-8,10-11,21H,1-5H3,(H,22,23,24). The van der Waals surface area contributed by atoms with Crippen molar-refractivity contribution in [1.82, 2.24) is 15.3 Å². The molecule has 7 heteroatoms. The van der Waals surface area contributed by atoms with Gasteiger partial charge in [0.1, 0.15) is 22.2 Å². The molecule has 0 bridgehead atoms. The Balaban J connectivity index is 1.91. The van der Waals surface area contributed by atoms with Gasteiger partial charge < -0.3 is 15.0 Å². The molecule has 0 aliphatic carbocycles. The van der Waals surface area contributed by atoms with Gasteiger partial charge in [-0.25, -0.2) is 9.37 Å². The van der Waals surface area contributed by atoms with Crippen LogP contribution < -0.4 is 15.6 Å². The topological polar surface area (TPSA) is 67.0 Å². The van der Waals surface area contributed by atoms with Crippen molar-refractivity contribution in [2.24, 2.45) is 0 Å². The van der Waals surface area contributed by atoms with Gasteiger partial charge in [-0.3, -0.25) is 4.79 Å². The van der Waals surface area contributed by atoms with Crippen molar-refractivity contribution in [2.45, 2.75) is 39.8 Å². The summed E-state index contributed by atoms with van der Waals surface area (Å²) < 4.78 is 19.0. The van der Waals surface area contributed by atoms with E-state index in [4.69, 9.17) is 4.74 Å². The molecule has 2 atom stereocenters. The third kappa shape index (κ3) is 3.37. The number of nitrogens with zero attached hydrogens (tertiary/aromatic N) is 1. The van der Waals surface area contributed by atoms with Crippen molar-refractivity contribution in [2.75, 3.05) is 7.11 Å². The summed E-state index contributed by atoms with van der Waals surface area (Å²) in [5.41, 5.74) is 1.56. The first kappa shape index (κ1) is 18.5. The minimum absolute atomic E-state index is 0.128. The Bertz CT molecular complexity index is 1010. The minimum atomic E-state index is -0.320. The van der Waals surface area contributed by atoms with Crippen LogP contribution in [0.2, 0.25) is 0 Å². The second kappa shape index (κ2) is 7.17. The van der Waals surface area contributed by atoms with Crippen LogP contribution in [0, 0.1) is 19.7 Å². The number of halogens is 1. The summed E-state index contributed by atoms with van der Waals surface area (Å²) in [7, 11) is 1.56. The molecule has 2 N–H and O–H groups in total. The predicted molar refractivity (Wildman–Crippen MR) is 103 cm³/mol. The molecule has 2 aromatic heterocycles. The minimum Gasteiger partial charge on any atom is -0.496 e. The number of thiophene rings is 1. The predicted octanol–water partition coefficient (Wildman–Crippen LogP) is 4.16. The quantitative estimate of drug-likeness (QED) is 0.703. The van der Waals surface area contributed by atoms with Gasteiger partial charge in [-0.2, -0.15) is 0 Å². The molecular weight excluding hydrogens is 353 g/mol. The van der Waals surface area contributed by atoms with Crippen LogP contribution in [0.3, 0.4) is 0 Å². The molecule has 3 aromatic rings. The van der Waals surface area contributed by atoms with Crippen molar-refractivity contribution < 1.29 is 9.13 Å². The van der Waals surface area contributed by atoms with Gasteiger partial charge >= 0.3 is 0 Å². The number of aromatic nitrogens is 2. The summed E-state index contributed by atoms with van der Waals surface area (Å²) >= 11 is 1.52. The van der Waals surface area contributed by atoms with E-state index in [1.807, 2.05) is 27.7 Å². The fourth-order valence-electron chi connectivity index (χ4n) is 3.06. The monoisotopic (exact) mass is 375 g/mol.